The van der Waals surface area contributed by atoms with Crippen molar-refractivity contribution < 1.29 is 9.21 Å². The van der Waals surface area contributed by atoms with Gasteiger partial charge in [0.05, 0.1) is 5.25 Å². The molecule has 6 heteroatoms. The van der Waals surface area contributed by atoms with Gasteiger partial charge in [0.15, 0.2) is 5.58 Å². The molecule has 0 saturated carbocycles. The molecule has 1 atom stereocenters. The second kappa shape index (κ2) is 6.85. The third-order valence-corrected chi connectivity index (χ3v) is 4.32. The number of amides is 1. The molecule has 21 heavy (non-hydrogen) atoms. The average molecular weight is 307 g/mol. The molecule has 1 aromatic carbocycles. The van der Waals surface area contributed by atoms with Crippen LogP contribution in [0.25, 0.3) is 11.1 Å². The number of oxazole rings is 1. The predicted molar refractivity (Wildman–Crippen MR) is 86.3 cm³/mol. The summed E-state index contributed by atoms with van der Waals surface area (Å²) in [5.74, 6) is 0.00969. The van der Waals surface area contributed by atoms with E-state index in [0.29, 0.717) is 16.5 Å². The number of thioether (sulfide) groups is 1. The van der Waals surface area contributed by atoms with E-state index in [0.717, 1.165) is 18.4 Å². The third-order valence-electron chi connectivity index (χ3n) is 3.37. The van der Waals surface area contributed by atoms with Gasteiger partial charge in [-0.1, -0.05) is 25.6 Å². The van der Waals surface area contributed by atoms with Crippen molar-refractivity contribution in [3.05, 3.63) is 18.2 Å². The van der Waals surface area contributed by atoms with Crippen LogP contribution in [0.15, 0.2) is 27.8 Å². The minimum absolute atomic E-state index is 0.00969. The molecule has 5 nitrogen and oxygen atoms in total. The zero-order chi connectivity index (χ0) is 15.4. The van der Waals surface area contributed by atoms with E-state index in [1.54, 1.807) is 12.1 Å². The highest BCUT2D eigenvalue weighted by Crippen LogP contribution is 2.27. The normalized spacial score (nSPS) is 12.8. The summed E-state index contributed by atoms with van der Waals surface area (Å²) in [6, 6.07) is 5.56. The van der Waals surface area contributed by atoms with E-state index in [4.69, 9.17) is 10.2 Å². The molecule has 2 aromatic rings. The van der Waals surface area contributed by atoms with Crippen molar-refractivity contribution in [1.82, 2.24) is 10.3 Å². The molecule has 1 unspecified atom stereocenters. The Hall–Kier alpha value is -1.69. The van der Waals surface area contributed by atoms with Crippen LogP contribution >= 0.6 is 11.8 Å². The number of rotatable bonds is 6. The molecule has 0 fully saturated rings. The van der Waals surface area contributed by atoms with Crippen LogP contribution in [0.2, 0.25) is 0 Å². The fourth-order valence-corrected chi connectivity index (χ4v) is 2.75. The molecule has 0 aliphatic carbocycles. The van der Waals surface area contributed by atoms with E-state index < -0.39 is 0 Å². The van der Waals surface area contributed by atoms with Gasteiger partial charge in [0.1, 0.15) is 5.52 Å². The maximum absolute atomic E-state index is 12.1. The van der Waals surface area contributed by atoms with Gasteiger partial charge in [-0.15, -0.1) is 0 Å². The van der Waals surface area contributed by atoms with Crippen molar-refractivity contribution in [2.45, 2.75) is 50.1 Å². The Morgan fingerprint density at radius 3 is 2.81 bits per heavy atom. The molecule has 0 spiro atoms. The Kier molecular flexibility index (Phi) is 5.12. The van der Waals surface area contributed by atoms with Gasteiger partial charge in [-0.25, -0.2) is 4.98 Å². The number of nitrogens with zero attached hydrogens (tertiary/aromatic N) is 1. The van der Waals surface area contributed by atoms with Crippen molar-refractivity contribution in [3.63, 3.8) is 0 Å². The molecule has 1 heterocycles. The third kappa shape index (κ3) is 3.91. The van der Waals surface area contributed by atoms with E-state index >= 15 is 0 Å². The van der Waals surface area contributed by atoms with E-state index in [1.165, 1.54) is 11.8 Å². The Morgan fingerprint density at radius 2 is 2.14 bits per heavy atom. The fourth-order valence-electron chi connectivity index (χ4n) is 1.99. The quantitative estimate of drug-likeness (QED) is 0.632. The Bertz CT molecular complexity index is 622. The zero-order valence-corrected chi connectivity index (χ0v) is 13.4. The first-order valence-corrected chi connectivity index (χ1v) is 8.04. The van der Waals surface area contributed by atoms with E-state index in [1.807, 2.05) is 13.0 Å². The van der Waals surface area contributed by atoms with Gasteiger partial charge in [-0.2, -0.15) is 0 Å². The van der Waals surface area contributed by atoms with Crippen molar-refractivity contribution in [2.75, 3.05) is 5.73 Å². The lowest BCUT2D eigenvalue weighted by Gasteiger charge is -2.17. The molecule has 0 aliphatic heterocycles. The first kappa shape index (κ1) is 15.7. The van der Waals surface area contributed by atoms with Crippen molar-refractivity contribution in [3.8, 4) is 0 Å². The summed E-state index contributed by atoms with van der Waals surface area (Å²) in [7, 11) is 0. The van der Waals surface area contributed by atoms with E-state index in [9.17, 15) is 4.79 Å². The summed E-state index contributed by atoms with van der Waals surface area (Å²) in [5, 5.41) is 3.27. The Morgan fingerprint density at radius 1 is 1.43 bits per heavy atom. The van der Waals surface area contributed by atoms with Gasteiger partial charge in [0.25, 0.3) is 5.22 Å². The number of nitrogens with two attached hydrogens (primary N) is 1. The average Bonchev–Trinajstić information content (AvgIpc) is 2.85. The number of nitrogen functional groups attached to an aromatic ring is 1. The molecule has 2 rings (SSSR count). The van der Waals surface area contributed by atoms with Crippen LogP contribution < -0.4 is 11.1 Å². The highest BCUT2D eigenvalue weighted by molar-refractivity contribution is 8.00. The Balaban J connectivity index is 2.03. The van der Waals surface area contributed by atoms with Crippen molar-refractivity contribution >= 4 is 34.5 Å². The zero-order valence-electron chi connectivity index (χ0n) is 12.6. The highest BCUT2D eigenvalue weighted by Gasteiger charge is 2.19. The van der Waals surface area contributed by atoms with Crippen LogP contribution in [0.1, 0.15) is 33.6 Å². The SMILES string of the molecule is CCC(CC)NC(=O)C(C)Sc1nc2ccc(N)cc2o1. The lowest BCUT2D eigenvalue weighted by Crippen LogP contribution is -2.38. The molecule has 0 radical (unpaired) electrons. The largest absolute Gasteiger partial charge is 0.431 e. The van der Waals surface area contributed by atoms with Gasteiger partial charge >= 0.3 is 0 Å². The molecule has 1 amide bonds. The van der Waals surface area contributed by atoms with Gasteiger partial charge in [-0.05, 0) is 31.9 Å². The molecule has 114 valence electrons. The first-order chi connectivity index (χ1) is 10.0. The first-order valence-electron chi connectivity index (χ1n) is 7.16. The molecular formula is C15H21N3O2S. The molecular weight excluding hydrogens is 286 g/mol. The lowest BCUT2D eigenvalue weighted by atomic mass is 10.2. The topological polar surface area (TPSA) is 81.2 Å². The lowest BCUT2D eigenvalue weighted by molar-refractivity contribution is -0.121. The van der Waals surface area contributed by atoms with Gasteiger partial charge in [0.2, 0.25) is 5.91 Å². The monoisotopic (exact) mass is 307 g/mol. The van der Waals surface area contributed by atoms with Gasteiger partial charge in [0, 0.05) is 17.8 Å². The summed E-state index contributed by atoms with van der Waals surface area (Å²) in [4.78, 5) is 16.5. The number of hydrogen-bond donors (Lipinski definition) is 2. The number of anilines is 1. The van der Waals surface area contributed by atoms with Gasteiger partial charge in [-0.3, -0.25) is 4.79 Å². The van der Waals surface area contributed by atoms with Crippen LogP contribution in [0.4, 0.5) is 5.69 Å². The summed E-state index contributed by atoms with van der Waals surface area (Å²) in [6.45, 7) is 5.99. The number of hydrogen-bond acceptors (Lipinski definition) is 5. The number of carbonyl (C=O) groups excluding carboxylic acids is 1. The van der Waals surface area contributed by atoms with E-state index in [-0.39, 0.29) is 17.2 Å². The number of fused-ring (bicyclic) bond motifs is 1. The molecule has 0 bridgehead atoms. The van der Waals surface area contributed by atoms with Crippen LogP contribution in [0.3, 0.4) is 0 Å². The molecule has 3 N–H and O–H groups in total. The highest BCUT2D eigenvalue weighted by atomic mass is 32.2. The molecule has 0 aliphatic rings. The maximum atomic E-state index is 12.1. The van der Waals surface area contributed by atoms with Crippen LogP contribution in [0, 0.1) is 0 Å². The number of benzene rings is 1. The van der Waals surface area contributed by atoms with Crippen molar-refractivity contribution in [1.29, 1.82) is 0 Å². The number of carbonyl (C=O) groups is 1. The fraction of sp³-hybridized carbons (Fsp3) is 0.467. The minimum atomic E-state index is -0.254. The van der Waals surface area contributed by atoms with Gasteiger partial charge < -0.3 is 15.5 Å². The van der Waals surface area contributed by atoms with E-state index in [2.05, 4.69) is 24.1 Å². The summed E-state index contributed by atoms with van der Waals surface area (Å²) < 4.78 is 5.62. The number of aromatic nitrogens is 1. The summed E-state index contributed by atoms with van der Waals surface area (Å²) in [6.07, 6.45) is 1.86. The molecule has 0 saturated heterocycles. The second-order valence-electron chi connectivity index (χ2n) is 4.99. The van der Waals surface area contributed by atoms with Crippen LogP contribution in [0.5, 0.6) is 0 Å². The second-order valence-corrected chi connectivity index (χ2v) is 6.28. The van der Waals surface area contributed by atoms with Crippen molar-refractivity contribution in [2.24, 2.45) is 0 Å². The van der Waals surface area contributed by atoms with Crippen LogP contribution in [-0.4, -0.2) is 22.2 Å². The number of nitrogens with one attached hydrogen (secondary N) is 1. The smallest absolute Gasteiger partial charge is 0.257 e. The van der Waals surface area contributed by atoms with Crippen LogP contribution in [-0.2, 0) is 4.79 Å². The maximum Gasteiger partial charge on any atom is 0.257 e. The standard InChI is InChI=1S/C15H21N3O2S/c1-4-11(5-2)17-14(19)9(3)21-15-18-12-7-6-10(16)8-13(12)20-15/h6-9,11H,4-5,16H2,1-3H3,(H,17,19). The minimum Gasteiger partial charge on any atom is -0.431 e. The Labute approximate surface area is 128 Å². The summed E-state index contributed by atoms with van der Waals surface area (Å²) >= 11 is 1.32. The summed E-state index contributed by atoms with van der Waals surface area (Å²) in [5.41, 5.74) is 7.74. The predicted octanol–water partition coefficient (Wildman–Crippen LogP) is 3.20. The molecule has 1 aromatic heterocycles.